The molecule has 0 saturated carbocycles. The Balaban J connectivity index is 1.91. The minimum Gasteiger partial charge on any atom is -0.444 e. The Morgan fingerprint density at radius 1 is 1.29 bits per heavy atom. The van der Waals surface area contributed by atoms with Crippen LogP contribution in [-0.2, 0) is 9.53 Å². The van der Waals surface area contributed by atoms with Gasteiger partial charge in [-0.15, -0.1) is 0 Å². The molecule has 2 amide bonds. The number of carbonyl (C=O) groups excluding carboxylic acids is 2. The highest BCUT2D eigenvalue weighted by Crippen LogP contribution is 2.20. The first-order valence-corrected chi connectivity index (χ1v) is 7.87. The van der Waals surface area contributed by atoms with Gasteiger partial charge in [-0.2, -0.15) is 0 Å². The summed E-state index contributed by atoms with van der Waals surface area (Å²) in [7, 11) is 0. The number of nitrogens with zero attached hydrogens (tertiary/aromatic N) is 1. The zero-order valence-corrected chi connectivity index (χ0v) is 13.3. The molecule has 2 N–H and O–H groups in total. The van der Waals surface area contributed by atoms with Crippen molar-refractivity contribution in [2.24, 2.45) is 0 Å². The fraction of sp³-hybridized carbons (Fsp3) is 0.867. The fourth-order valence-corrected chi connectivity index (χ4v) is 2.96. The molecule has 0 unspecified atom stereocenters. The summed E-state index contributed by atoms with van der Waals surface area (Å²) in [6, 6.07) is -0.134. The van der Waals surface area contributed by atoms with E-state index in [4.69, 9.17) is 4.74 Å². The van der Waals surface area contributed by atoms with Crippen molar-refractivity contribution in [1.82, 2.24) is 15.5 Å². The summed E-state index contributed by atoms with van der Waals surface area (Å²) >= 11 is 0. The Hall–Kier alpha value is -1.30. The van der Waals surface area contributed by atoms with Crippen molar-refractivity contribution < 1.29 is 14.3 Å². The highest BCUT2D eigenvalue weighted by molar-refractivity contribution is 5.86. The second kappa shape index (κ2) is 6.64. The van der Waals surface area contributed by atoms with Crippen LogP contribution in [0, 0.1) is 0 Å². The third-order valence-corrected chi connectivity index (χ3v) is 3.91. The molecule has 1 atom stereocenters. The monoisotopic (exact) mass is 297 g/mol. The van der Waals surface area contributed by atoms with Crippen molar-refractivity contribution in [2.75, 3.05) is 19.6 Å². The molecular weight excluding hydrogens is 270 g/mol. The SMILES string of the molecule is CC(C)(C)OC(=O)N[C@@H]1CCCN(C2CCNCC2)C1=O. The predicted octanol–water partition coefficient (Wildman–Crippen LogP) is 1.25. The van der Waals surface area contributed by atoms with E-state index >= 15 is 0 Å². The van der Waals surface area contributed by atoms with Gasteiger partial charge in [-0.05, 0) is 59.5 Å². The quantitative estimate of drug-likeness (QED) is 0.805. The van der Waals surface area contributed by atoms with Crippen LogP contribution in [0.5, 0.6) is 0 Å². The standard InChI is InChI=1S/C15H27N3O3/c1-15(2,3)21-14(20)17-12-5-4-10-18(13(12)19)11-6-8-16-9-7-11/h11-12,16H,4-10H2,1-3H3,(H,17,20)/t12-/m1/s1. The van der Waals surface area contributed by atoms with Gasteiger partial charge in [0.2, 0.25) is 5.91 Å². The highest BCUT2D eigenvalue weighted by Gasteiger charge is 2.35. The first-order valence-electron chi connectivity index (χ1n) is 7.87. The van der Waals surface area contributed by atoms with Crippen LogP contribution in [0.25, 0.3) is 0 Å². The molecule has 6 nitrogen and oxygen atoms in total. The van der Waals surface area contributed by atoms with Crippen LogP contribution in [-0.4, -0.2) is 54.2 Å². The number of hydrogen-bond acceptors (Lipinski definition) is 4. The smallest absolute Gasteiger partial charge is 0.408 e. The molecule has 2 saturated heterocycles. The number of nitrogens with one attached hydrogen (secondary N) is 2. The van der Waals surface area contributed by atoms with Gasteiger partial charge in [-0.25, -0.2) is 4.79 Å². The Bertz CT molecular complexity index is 386. The number of piperidine rings is 2. The lowest BCUT2D eigenvalue weighted by molar-refractivity contribution is -0.139. The van der Waals surface area contributed by atoms with Crippen LogP contribution in [0.2, 0.25) is 0 Å². The van der Waals surface area contributed by atoms with Gasteiger partial charge in [-0.3, -0.25) is 4.79 Å². The minimum atomic E-state index is -0.545. The van der Waals surface area contributed by atoms with E-state index < -0.39 is 17.7 Å². The number of ether oxygens (including phenoxy) is 1. The number of carbonyl (C=O) groups is 2. The average Bonchev–Trinajstić information content (AvgIpc) is 2.40. The maximum Gasteiger partial charge on any atom is 0.408 e. The molecule has 0 aromatic rings. The van der Waals surface area contributed by atoms with Crippen LogP contribution in [0.3, 0.4) is 0 Å². The lowest BCUT2D eigenvalue weighted by atomic mass is 9.98. The van der Waals surface area contributed by atoms with E-state index in [0.717, 1.165) is 38.9 Å². The van der Waals surface area contributed by atoms with Gasteiger partial charge < -0.3 is 20.3 Å². The number of rotatable bonds is 2. The predicted molar refractivity (Wildman–Crippen MR) is 80.0 cm³/mol. The van der Waals surface area contributed by atoms with Gasteiger partial charge in [0.1, 0.15) is 11.6 Å². The molecule has 2 aliphatic heterocycles. The van der Waals surface area contributed by atoms with Crippen molar-refractivity contribution in [3.05, 3.63) is 0 Å². The van der Waals surface area contributed by atoms with Crippen molar-refractivity contribution in [3.8, 4) is 0 Å². The van der Waals surface area contributed by atoms with E-state index in [2.05, 4.69) is 10.6 Å². The molecule has 0 aromatic heterocycles. The normalized spacial score (nSPS) is 24.8. The molecule has 2 fully saturated rings. The van der Waals surface area contributed by atoms with Crippen molar-refractivity contribution in [2.45, 2.75) is 64.1 Å². The van der Waals surface area contributed by atoms with Crippen LogP contribution in [0.15, 0.2) is 0 Å². The van der Waals surface area contributed by atoms with Gasteiger partial charge in [0.25, 0.3) is 0 Å². The van der Waals surface area contributed by atoms with Crippen molar-refractivity contribution in [1.29, 1.82) is 0 Å². The molecule has 0 aliphatic carbocycles. The maximum absolute atomic E-state index is 12.6. The molecule has 2 aliphatic rings. The summed E-state index contributed by atoms with van der Waals surface area (Å²) in [6.45, 7) is 8.16. The molecule has 0 bridgehead atoms. The Morgan fingerprint density at radius 3 is 2.57 bits per heavy atom. The van der Waals surface area contributed by atoms with Crippen molar-refractivity contribution >= 4 is 12.0 Å². The van der Waals surface area contributed by atoms with Crippen molar-refractivity contribution in [3.63, 3.8) is 0 Å². The first-order chi connectivity index (χ1) is 9.87. The molecule has 6 heteroatoms. The molecule has 2 heterocycles. The van der Waals surface area contributed by atoms with Crippen LogP contribution < -0.4 is 10.6 Å². The third-order valence-electron chi connectivity index (χ3n) is 3.91. The van der Waals surface area contributed by atoms with E-state index in [0.29, 0.717) is 12.5 Å². The second-order valence-corrected chi connectivity index (χ2v) is 6.85. The summed E-state index contributed by atoms with van der Waals surface area (Å²) in [5.41, 5.74) is -0.545. The van der Waals surface area contributed by atoms with E-state index in [-0.39, 0.29) is 5.91 Å². The number of likely N-dealkylation sites (tertiary alicyclic amines) is 1. The second-order valence-electron chi connectivity index (χ2n) is 6.85. The van der Waals surface area contributed by atoms with Gasteiger partial charge >= 0.3 is 6.09 Å². The first kappa shape index (κ1) is 16.1. The number of alkyl carbamates (subject to hydrolysis) is 1. The lowest BCUT2D eigenvalue weighted by Gasteiger charge is -2.40. The molecule has 2 rings (SSSR count). The lowest BCUT2D eigenvalue weighted by Crippen LogP contribution is -2.57. The summed E-state index contributed by atoms with van der Waals surface area (Å²) in [6.07, 6.45) is 3.10. The fourth-order valence-electron chi connectivity index (χ4n) is 2.96. The van der Waals surface area contributed by atoms with E-state index in [1.54, 1.807) is 0 Å². The zero-order valence-electron chi connectivity index (χ0n) is 13.3. The maximum atomic E-state index is 12.6. The van der Waals surface area contributed by atoms with Crippen LogP contribution in [0.4, 0.5) is 4.79 Å². The minimum absolute atomic E-state index is 0.0407. The topological polar surface area (TPSA) is 70.7 Å². The van der Waals surface area contributed by atoms with Gasteiger partial charge in [0, 0.05) is 12.6 Å². The zero-order chi connectivity index (χ0) is 15.5. The third kappa shape index (κ3) is 4.59. The summed E-state index contributed by atoms with van der Waals surface area (Å²) < 4.78 is 5.24. The Labute approximate surface area is 126 Å². The van der Waals surface area contributed by atoms with E-state index in [9.17, 15) is 9.59 Å². The molecule has 0 spiro atoms. The molecule has 0 radical (unpaired) electrons. The largest absolute Gasteiger partial charge is 0.444 e. The average molecular weight is 297 g/mol. The molecule has 120 valence electrons. The van der Waals surface area contributed by atoms with Gasteiger partial charge in [0.15, 0.2) is 0 Å². The number of hydrogen-bond donors (Lipinski definition) is 2. The molecule has 21 heavy (non-hydrogen) atoms. The van der Waals surface area contributed by atoms with Crippen LogP contribution >= 0.6 is 0 Å². The van der Waals surface area contributed by atoms with Gasteiger partial charge in [0.05, 0.1) is 0 Å². The molecular formula is C15H27N3O3. The Morgan fingerprint density at radius 2 is 1.95 bits per heavy atom. The van der Waals surface area contributed by atoms with Gasteiger partial charge in [-0.1, -0.05) is 0 Å². The van der Waals surface area contributed by atoms with E-state index in [1.165, 1.54) is 0 Å². The summed E-state index contributed by atoms with van der Waals surface area (Å²) in [5.74, 6) is 0.0407. The Kier molecular flexibility index (Phi) is 5.08. The molecule has 0 aromatic carbocycles. The summed E-state index contributed by atoms with van der Waals surface area (Å²) in [4.78, 5) is 26.4. The summed E-state index contributed by atoms with van der Waals surface area (Å²) in [5, 5.41) is 6.04. The highest BCUT2D eigenvalue weighted by atomic mass is 16.6. The number of amides is 2. The van der Waals surface area contributed by atoms with Crippen LogP contribution in [0.1, 0.15) is 46.5 Å². The van der Waals surface area contributed by atoms with E-state index in [1.807, 2.05) is 25.7 Å².